The van der Waals surface area contributed by atoms with Crippen molar-refractivity contribution in [3.8, 4) is 17.1 Å². The largest absolute Gasteiger partial charge is 1.00 e. The summed E-state index contributed by atoms with van der Waals surface area (Å²) in [6.45, 7) is 2.75. The van der Waals surface area contributed by atoms with Crippen molar-refractivity contribution >= 4 is 28.0 Å². The Bertz CT molecular complexity index is 1110. The Morgan fingerprint density at radius 3 is 2.70 bits per heavy atom. The maximum Gasteiger partial charge on any atom is 0.229 e. The van der Waals surface area contributed by atoms with Crippen LogP contribution in [0.4, 0.5) is 5.82 Å². The molecule has 0 bridgehead atoms. The number of phenolic OH excluding ortho intramolecular Hbond substituents is 1. The SMILES string of the molecule is Oc1cccc(-c2nc(N3CCOCC3)c3oc4ncccc4c3n2)c1.[Cl-]. The highest BCUT2D eigenvalue weighted by Gasteiger charge is 2.22. The van der Waals surface area contributed by atoms with Gasteiger partial charge in [0.05, 0.1) is 18.6 Å². The van der Waals surface area contributed by atoms with Gasteiger partial charge in [-0.15, -0.1) is 0 Å². The molecule has 1 fully saturated rings. The summed E-state index contributed by atoms with van der Waals surface area (Å²) in [5.41, 5.74) is 2.64. The molecule has 1 aliphatic heterocycles. The molecule has 0 unspecified atom stereocenters. The van der Waals surface area contributed by atoms with Crippen LogP contribution >= 0.6 is 0 Å². The first-order valence-corrected chi connectivity index (χ1v) is 8.47. The molecule has 0 spiro atoms. The number of ether oxygens (including phenoxy) is 1. The van der Waals surface area contributed by atoms with Gasteiger partial charge >= 0.3 is 0 Å². The van der Waals surface area contributed by atoms with Gasteiger partial charge in [0.15, 0.2) is 17.2 Å². The van der Waals surface area contributed by atoms with E-state index in [0.717, 1.165) is 35.4 Å². The van der Waals surface area contributed by atoms with Gasteiger partial charge in [-0.25, -0.2) is 15.0 Å². The van der Waals surface area contributed by atoms with Crippen LogP contribution in [0.15, 0.2) is 47.0 Å². The van der Waals surface area contributed by atoms with E-state index in [9.17, 15) is 5.11 Å². The third-order valence-electron chi connectivity index (χ3n) is 4.49. The number of aromatic hydroxyl groups is 1. The molecule has 0 radical (unpaired) electrons. The number of anilines is 1. The molecular weight excluding hydrogens is 368 g/mol. The number of hydrogen-bond donors (Lipinski definition) is 1. The normalized spacial score (nSPS) is 14.4. The maximum absolute atomic E-state index is 9.83. The number of rotatable bonds is 2. The number of phenols is 1. The van der Waals surface area contributed by atoms with E-state index in [1.807, 2.05) is 18.2 Å². The zero-order chi connectivity index (χ0) is 17.5. The van der Waals surface area contributed by atoms with Crippen molar-refractivity contribution in [3.63, 3.8) is 0 Å². The van der Waals surface area contributed by atoms with Crippen molar-refractivity contribution in [2.45, 2.75) is 0 Å². The third kappa shape index (κ3) is 3.05. The highest BCUT2D eigenvalue weighted by Crippen LogP contribution is 2.34. The molecule has 4 aromatic rings. The van der Waals surface area contributed by atoms with Crippen LogP contribution in [0.1, 0.15) is 0 Å². The van der Waals surface area contributed by atoms with Crippen LogP contribution in [-0.2, 0) is 4.74 Å². The second-order valence-corrected chi connectivity index (χ2v) is 6.16. The Morgan fingerprint density at radius 1 is 1.04 bits per heavy atom. The molecule has 8 heteroatoms. The van der Waals surface area contributed by atoms with E-state index in [1.165, 1.54) is 0 Å². The molecule has 3 aromatic heterocycles. The molecule has 1 aliphatic rings. The number of benzene rings is 1. The standard InChI is InChI=1S/C19H16N4O3.ClH/c24-13-4-1-3-12(11-13)17-21-15-14-5-2-6-20-19(14)26-16(15)18(22-17)23-7-9-25-10-8-23;/h1-6,11,24H,7-10H2;1H/p-1. The monoisotopic (exact) mass is 383 g/mol. The highest BCUT2D eigenvalue weighted by molar-refractivity contribution is 6.05. The molecule has 5 rings (SSSR count). The first-order chi connectivity index (χ1) is 12.8. The predicted molar refractivity (Wildman–Crippen MR) is 97.2 cm³/mol. The van der Waals surface area contributed by atoms with E-state index < -0.39 is 0 Å². The lowest BCUT2D eigenvalue weighted by Crippen LogP contribution is -3.00. The van der Waals surface area contributed by atoms with Gasteiger partial charge in [-0.3, -0.25) is 0 Å². The second kappa shape index (κ2) is 7.02. The van der Waals surface area contributed by atoms with Crippen molar-refractivity contribution in [3.05, 3.63) is 42.6 Å². The zero-order valence-corrected chi connectivity index (χ0v) is 15.1. The van der Waals surface area contributed by atoms with Gasteiger partial charge in [0.25, 0.3) is 0 Å². The molecule has 1 aromatic carbocycles. The van der Waals surface area contributed by atoms with Gasteiger partial charge in [-0.1, -0.05) is 12.1 Å². The molecule has 27 heavy (non-hydrogen) atoms. The second-order valence-electron chi connectivity index (χ2n) is 6.16. The van der Waals surface area contributed by atoms with Crippen molar-refractivity contribution in [2.24, 2.45) is 0 Å². The number of fused-ring (bicyclic) bond motifs is 3. The summed E-state index contributed by atoms with van der Waals surface area (Å²) in [6, 6.07) is 10.7. The van der Waals surface area contributed by atoms with Crippen LogP contribution in [0.3, 0.4) is 0 Å². The predicted octanol–water partition coefficient (Wildman–Crippen LogP) is -0.0158. The molecular formula is C19H16ClN4O3-. The fourth-order valence-electron chi connectivity index (χ4n) is 3.23. The zero-order valence-electron chi connectivity index (χ0n) is 14.3. The lowest BCUT2D eigenvalue weighted by molar-refractivity contribution is -0.00000759. The minimum atomic E-state index is 0. The molecule has 7 nitrogen and oxygen atoms in total. The fourth-order valence-corrected chi connectivity index (χ4v) is 3.23. The van der Waals surface area contributed by atoms with Gasteiger partial charge in [-0.05, 0) is 24.3 Å². The van der Waals surface area contributed by atoms with Gasteiger partial charge in [0.1, 0.15) is 11.3 Å². The Labute approximate surface area is 161 Å². The first-order valence-electron chi connectivity index (χ1n) is 8.47. The van der Waals surface area contributed by atoms with Crippen LogP contribution in [0.25, 0.3) is 33.6 Å². The number of furan rings is 1. The summed E-state index contributed by atoms with van der Waals surface area (Å²) >= 11 is 0. The summed E-state index contributed by atoms with van der Waals surface area (Å²) < 4.78 is 11.4. The molecule has 0 saturated carbocycles. The Kier molecular flexibility index (Phi) is 4.55. The summed E-state index contributed by atoms with van der Waals surface area (Å²) in [4.78, 5) is 15.9. The summed E-state index contributed by atoms with van der Waals surface area (Å²) in [6.07, 6.45) is 1.70. The van der Waals surface area contributed by atoms with E-state index in [4.69, 9.17) is 19.1 Å². The lowest BCUT2D eigenvalue weighted by atomic mass is 10.2. The van der Waals surface area contributed by atoms with Crippen LogP contribution in [0.5, 0.6) is 5.75 Å². The Hall–Kier alpha value is -2.90. The number of pyridine rings is 1. The van der Waals surface area contributed by atoms with E-state index in [0.29, 0.717) is 30.3 Å². The van der Waals surface area contributed by atoms with Crippen molar-refractivity contribution < 1.29 is 26.7 Å². The lowest BCUT2D eigenvalue weighted by Gasteiger charge is -2.27. The minimum Gasteiger partial charge on any atom is -1.00 e. The number of halogens is 1. The number of nitrogens with zero attached hydrogens (tertiary/aromatic N) is 4. The third-order valence-corrected chi connectivity index (χ3v) is 4.49. The maximum atomic E-state index is 9.83. The molecule has 0 aliphatic carbocycles. The van der Waals surface area contributed by atoms with Gasteiger partial charge in [-0.2, -0.15) is 0 Å². The first kappa shape index (κ1) is 17.5. The molecule has 0 atom stereocenters. The summed E-state index contributed by atoms with van der Waals surface area (Å²) in [5, 5.41) is 10.7. The van der Waals surface area contributed by atoms with Crippen molar-refractivity contribution in [1.29, 1.82) is 0 Å². The minimum absolute atomic E-state index is 0. The average Bonchev–Trinajstić information content (AvgIpc) is 3.06. The summed E-state index contributed by atoms with van der Waals surface area (Å²) in [7, 11) is 0. The molecule has 138 valence electrons. The van der Waals surface area contributed by atoms with E-state index in [-0.39, 0.29) is 18.2 Å². The van der Waals surface area contributed by atoms with E-state index >= 15 is 0 Å². The number of hydrogen-bond acceptors (Lipinski definition) is 7. The van der Waals surface area contributed by atoms with Gasteiger partial charge < -0.3 is 31.6 Å². The fraction of sp³-hybridized carbons (Fsp3) is 0.211. The van der Waals surface area contributed by atoms with Gasteiger partial charge in [0, 0.05) is 24.8 Å². The van der Waals surface area contributed by atoms with Crippen LogP contribution in [0.2, 0.25) is 0 Å². The van der Waals surface area contributed by atoms with Crippen molar-refractivity contribution in [1.82, 2.24) is 15.0 Å². The quantitative estimate of drug-likeness (QED) is 0.521. The molecule has 0 amide bonds. The van der Waals surface area contributed by atoms with Gasteiger partial charge in [0.2, 0.25) is 5.71 Å². The molecule has 4 heterocycles. The summed E-state index contributed by atoms with van der Waals surface area (Å²) in [5.74, 6) is 1.45. The highest BCUT2D eigenvalue weighted by atomic mass is 35.5. The topological polar surface area (TPSA) is 84.5 Å². The molecule has 1 saturated heterocycles. The van der Waals surface area contributed by atoms with Crippen molar-refractivity contribution in [2.75, 3.05) is 31.2 Å². The number of aromatic nitrogens is 3. The van der Waals surface area contributed by atoms with E-state index in [2.05, 4.69) is 9.88 Å². The molecule has 1 N–H and O–H groups in total. The average molecular weight is 384 g/mol. The Morgan fingerprint density at radius 2 is 1.89 bits per heavy atom. The Balaban J connectivity index is 0.00000180. The van der Waals surface area contributed by atoms with Crippen LogP contribution < -0.4 is 17.3 Å². The number of morpholine rings is 1. The smallest absolute Gasteiger partial charge is 0.229 e. The van der Waals surface area contributed by atoms with E-state index in [1.54, 1.807) is 24.4 Å². The van der Waals surface area contributed by atoms with Crippen LogP contribution in [-0.4, -0.2) is 46.4 Å². The van der Waals surface area contributed by atoms with Crippen LogP contribution in [0, 0.1) is 0 Å².